The number of carbonyl (C=O) groups excluding carboxylic acids is 2. The highest BCUT2D eigenvalue weighted by Gasteiger charge is 2.08. The average molecular weight is 430 g/mol. The second kappa shape index (κ2) is 9.61. The van der Waals surface area contributed by atoms with Gasteiger partial charge < -0.3 is 16.0 Å². The third-order valence-corrected chi connectivity index (χ3v) is 4.70. The molecule has 162 valence electrons. The van der Waals surface area contributed by atoms with Gasteiger partial charge in [-0.1, -0.05) is 36.4 Å². The molecule has 0 aliphatic carbocycles. The van der Waals surface area contributed by atoms with Crippen molar-refractivity contribution in [1.82, 2.24) is 19.5 Å². The first-order valence-electron chi connectivity index (χ1n) is 10.1. The van der Waals surface area contributed by atoms with E-state index in [-0.39, 0.29) is 37.1 Å². The lowest BCUT2D eigenvalue weighted by atomic mass is 10.2. The van der Waals surface area contributed by atoms with Crippen molar-refractivity contribution in [2.24, 2.45) is 0 Å². The first-order chi connectivity index (χ1) is 15.6. The van der Waals surface area contributed by atoms with Crippen LogP contribution in [0.2, 0.25) is 0 Å². The van der Waals surface area contributed by atoms with Crippen molar-refractivity contribution in [2.45, 2.75) is 13.0 Å². The predicted molar refractivity (Wildman–Crippen MR) is 122 cm³/mol. The highest BCUT2D eigenvalue weighted by atomic mass is 16.2. The van der Waals surface area contributed by atoms with E-state index in [4.69, 9.17) is 0 Å². The Morgan fingerprint density at radius 3 is 2.47 bits per heavy atom. The zero-order chi connectivity index (χ0) is 22.3. The molecular formula is C23H22N6O3. The third-order valence-electron chi connectivity index (χ3n) is 4.70. The number of hydrogen-bond donors (Lipinski definition) is 3. The molecule has 0 aliphatic heterocycles. The summed E-state index contributed by atoms with van der Waals surface area (Å²) in [7, 11) is 0. The fraction of sp³-hybridized carbons (Fsp3) is 0.130. The van der Waals surface area contributed by atoms with Gasteiger partial charge in [0, 0.05) is 30.5 Å². The summed E-state index contributed by atoms with van der Waals surface area (Å²) in [6.07, 6.45) is 1.80. The van der Waals surface area contributed by atoms with Crippen LogP contribution < -0.4 is 21.6 Å². The maximum absolute atomic E-state index is 12.4. The number of pyridine rings is 1. The van der Waals surface area contributed by atoms with Gasteiger partial charge in [0.05, 0.1) is 6.54 Å². The lowest BCUT2D eigenvalue weighted by Crippen LogP contribution is -2.31. The second-order valence-corrected chi connectivity index (χ2v) is 7.11. The van der Waals surface area contributed by atoms with Crippen LogP contribution in [0.15, 0.2) is 83.8 Å². The van der Waals surface area contributed by atoms with Gasteiger partial charge in [-0.2, -0.15) is 0 Å². The van der Waals surface area contributed by atoms with Crippen molar-refractivity contribution in [2.75, 3.05) is 17.2 Å². The Bertz CT molecular complexity index is 1300. The number of hydrogen-bond acceptors (Lipinski definition) is 4. The van der Waals surface area contributed by atoms with Crippen LogP contribution in [0.25, 0.3) is 5.65 Å². The molecule has 9 nitrogen and oxygen atoms in total. The molecule has 0 radical (unpaired) electrons. The number of aromatic nitrogens is 3. The molecule has 0 bridgehead atoms. The van der Waals surface area contributed by atoms with Crippen molar-refractivity contribution in [1.29, 1.82) is 0 Å². The predicted octanol–water partition coefficient (Wildman–Crippen LogP) is 2.69. The Kier molecular flexibility index (Phi) is 6.26. The van der Waals surface area contributed by atoms with Gasteiger partial charge in [0.2, 0.25) is 5.91 Å². The molecule has 9 heteroatoms. The number of anilines is 2. The molecular weight excluding hydrogens is 408 g/mol. The first kappa shape index (κ1) is 20.9. The molecule has 4 rings (SSSR count). The minimum atomic E-state index is -0.371. The summed E-state index contributed by atoms with van der Waals surface area (Å²) in [6.45, 7) is 0.478. The van der Waals surface area contributed by atoms with Crippen molar-refractivity contribution in [3.63, 3.8) is 0 Å². The second-order valence-electron chi connectivity index (χ2n) is 7.11. The molecule has 3 N–H and O–H groups in total. The van der Waals surface area contributed by atoms with Crippen LogP contribution in [0.3, 0.4) is 0 Å². The summed E-state index contributed by atoms with van der Waals surface area (Å²) in [4.78, 5) is 36.6. The van der Waals surface area contributed by atoms with Crippen molar-refractivity contribution >= 4 is 29.0 Å². The molecule has 32 heavy (non-hydrogen) atoms. The molecule has 2 heterocycles. The number of nitrogens with one attached hydrogen (secondary N) is 3. The van der Waals surface area contributed by atoms with E-state index in [9.17, 15) is 14.4 Å². The smallest absolute Gasteiger partial charge is 0.337 e. The number of nitrogens with zero attached hydrogens (tertiary/aromatic N) is 3. The maximum Gasteiger partial charge on any atom is 0.350 e. The Morgan fingerprint density at radius 1 is 0.875 bits per heavy atom. The fourth-order valence-electron chi connectivity index (χ4n) is 3.20. The van der Waals surface area contributed by atoms with Crippen LogP contribution >= 0.6 is 0 Å². The summed E-state index contributed by atoms with van der Waals surface area (Å²) < 4.78 is 2.86. The largest absolute Gasteiger partial charge is 0.350 e. The first-order valence-corrected chi connectivity index (χ1v) is 10.1. The van der Waals surface area contributed by atoms with Gasteiger partial charge >= 0.3 is 11.7 Å². The highest BCUT2D eigenvalue weighted by Crippen LogP contribution is 2.12. The van der Waals surface area contributed by atoms with Gasteiger partial charge in [-0.3, -0.25) is 9.20 Å². The van der Waals surface area contributed by atoms with Gasteiger partial charge in [-0.25, -0.2) is 14.3 Å². The van der Waals surface area contributed by atoms with Crippen molar-refractivity contribution < 1.29 is 9.59 Å². The van der Waals surface area contributed by atoms with Crippen LogP contribution in [0.5, 0.6) is 0 Å². The van der Waals surface area contributed by atoms with Crippen LogP contribution in [0.1, 0.15) is 12.0 Å². The number of para-hydroxylation sites is 1. The Hall–Kier alpha value is -4.40. The monoisotopic (exact) mass is 430 g/mol. The number of benzene rings is 2. The molecule has 0 saturated carbocycles. The number of urea groups is 1. The van der Waals surface area contributed by atoms with Gasteiger partial charge in [-0.15, -0.1) is 5.10 Å². The van der Waals surface area contributed by atoms with E-state index in [1.807, 2.05) is 30.3 Å². The zero-order valence-corrected chi connectivity index (χ0v) is 17.2. The molecule has 0 atom stereocenters. The summed E-state index contributed by atoms with van der Waals surface area (Å²) >= 11 is 0. The quantitative estimate of drug-likeness (QED) is 0.419. The molecule has 0 unspecified atom stereocenters. The van der Waals surface area contributed by atoms with E-state index in [1.165, 1.54) is 9.08 Å². The van der Waals surface area contributed by atoms with Crippen LogP contribution in [0, 0.1) is 0 Å². The van der Waals surface area contributed by atoms with Crippen molar-refractivity contribution in [3.8, 4) is 0 Å². The van der Waals surface area contributed by atoms with E-state index in [0.29, 0.717) is 17.0 Å². The van der Waals surface area contributed by atoms with E-state index >= 15 is 0 Å². The summed E-state index contributed by atoms with van der Waals surface area (Å²) in [5.41, 5.74) is 2.46. The summed E-state index contributed by atoms with van der Waals surface area (Å²) in [6, 6.07) is 21.3. The van der Waals surface area contributed by atoms with Crippen molar-refractivity contribution in [3.05, 3.63) is 95.0 Å². The standard InChI is InChI=1S/C23H22N6O3/c30-21(12-13-24-22(31)26-18-8-2-1-3-9-18)25-19-10-6-7-17(15-19)16-29-23(32)28-14-5-4-11-20(28)27-29/h1-11,14-15H,12-13,16H2,(H,25,30)(H2,24,26,31). The number of rotatable bonds is 7. The highest BCUT2D eigenvalue weighted by molar-refractivity contribution is 5.92. The van der Waals surface area contributed by atoms with Crippen LogP contribution in [-0.2, 0) is 11.3 Å². The molecule has 0 fully saturated rings. The molecule has 0 saturated heterocycles. The number of amides is 3. The Morgan fingerprint density at radius 2 is 1.66 bits per heavy atom. The lowest BCUT2D eigenvalue weighted by Gasteiger charge is -2.09. The zero-order valence-electron chi connectivity index (χ0n) is 17.2. The van der Waals surface area contributed by atoms with Crippen LogP contribution in [-0.4, -0.2) is 32.7 Å². The molecule has 2 aromatic carbocycles. The minimum absolute atomic E-state index is 0.123. The molecule has 0 spiro atoms. The van der Waals surface area contributed by atoms with E-state index in [0.717, 1.165) is 5.56 Å². The Labute approximate surface area is 183 Å². The molecule has 0 aliphatic rings. The Balaban J connectivity index is 1.29. The molecule has 4 aromatic rings. The molecule has 3 amide bonds. The summed E-state index contributed by atoms with van der Waals surface area (Å²) in [5, 5.41) is 12.5. The number of carbonyl (C=O) groups is 2. The van der Waals surface area contributed by atoms with E-state index in [1.54, 1.807) is 48.7 Å². The molecule has 2 aromatic heterocycles. The maximum atomic E-state index is 12.4. The van der Waals surface area contributed by atoms with Gasteiger partial charge in [0.15, 0.2) is 5.65 Å². The average Bonchev–Trinajstić information content (AvgIpc) is 3.10. The van der Waals surface area contributed by atoms with Gasteiger partial charge in [0.25, 0.3) is 0 Å². The van der Waals surface area contributed by atoms with Gasteiger partial charge in [-0.05, 0) is 42.0 Å². The normalized spacial score (nSPS) is 10.6. The SMILES string of the molecule is O=C(CCNC(=O)Nc1ccccc1)Nc1cccc(Cn2nc3ccccn3c2=O)c1. The van der Waals surface area contributed by atoms with E-state index in [2.05, 4.69) is 21.0 Å². The number of fused-ring (bicyclic) bond motifs is 1. The van der Waals surface area contributed by atoms with Crippen LogP contribution in [0.4, 0.5) is 16.2 Å². The third kappa shape index (κ3) is 5.20. The topological polar surface area (TPSA) is 110 Å². The minimum Gasteiger partial charge on any atom is -0.337 e. The summed E-state index contributed by atoms with van der Waals surface area (Å²) in [5.74, 6) is -0.230. The fourth-order valence-corrected chi connectivity index (χ4v) is 3.20. The van der Waals surface area contributed by atoms with Gasteiger partial charge in [0.1, 0.15) is 0 Å². The lowest BCUT2D eigenvalue weighted by molar-refractivity contribution is -0.116. The van der Waals surface area contributed by atoms with E-state index < -0.39 is 0 Å².